The van der Waals surface area contributed by atoms with Gasteiger partial charge >= 0.3 is 0 Å². The van der Waals surface area contributed by atoms with Crippen LogP contribution in [-0.4, -0.2) is 53.6 Å². The average Bonchev–Trinajstić information content (AvgIpc) is 2.88. The van der Waals surface area contributed by atoms with Gasteiger partial charge in [0.2, 0.25) is 5.91 Å². The molecule has 1 aliphatic rings. The Hall–Kier alpha value is -1.46. The normalized spacial score (nSPS) is 19.2. The minimum atomic E-state index is -0.273. The summed E-state index contributed by atoms with van der Waals surface area (Å²) in [5.41, 5.74) is 0.905. The SMILES string of the molecule is CN(Cc1ccc(F)cc1)C(=O)CN1CCC[C@@H]1CO. The largest absolute Gasteiger partial charge is 0.395 e. The monoisotopic (exact) mass is 280 g/mol. The van der Waals surface area contributed by atoms with E-state index in [-0.39, 0.29) is 24.4 Å². The fourth-order valence-corrected chi connectivity index (χ4v) is 2.56. The molecule has 0 saturated carbocycles. The third-order valence-corrected chi connectivity index (χ3v) is 3.81. The lowest BCUT2D eigenvalue weighted by molar-refractivity contribution is -0.132. The van der Waals surface area contributed by atoms with E-state index in [0.717, 1.165) is 24.9 Å². The highest BCUT2D eigenvalue weighted by Gasteiger charge is 2.26. The molecule has 1 aromatic carbocycles. The number of hydrogen-bond donors (Lipinski definition) is 1. The standard InChI is InChI=1S/C15H21FN2O2/c1-17(9-12-4-6-13(16)7-5-12)15(20)10-18-8-2-3-14(18)11-19/h4-7,14,19H,2-3,8-11H2,1H3/t14-/m1/s1. The number of hydrogen-bond acceptors (Lipinski definition) is 3. The number of amides is 1. The molecule has 5 heteroatoms. The Labute approximate surface area is 118 Å². The second kappa shape index (κ2) is 6.81. The Morgan fingerprint density at radius 2 is 2.15 bits per heavy atom. The number of likely N-dealkylation sites (tertiary alicyclic amines) is 1. The summed E-state index contributed by atoms with van der Waals surface area (Å²) >= 11 is 0. The molecule has 1 aliphatic heterocycles. The van der Waals surface area contributed by atoms with E-state index in [1.807, 2.05) is 4.90 Å². The number of nitrogens with zero attached hydrogens (tertiary/aromatic N) is 2. The van der Waals surface area contributed by atoms with Crippen LogP contribution in [0.5, 0.6) is 0 Å². The molecule has 0 unspecified atom stereocenters. The van der Waals surface area contributed by atoms with Gasteiger partial charge in [-0.05, 0) is 37.1 Å². The van der Waals surface area contributed by atoms with Crippen molar-refractivity contribution < 1.29 is 14.3 Å². The van der Waals surface area contributed by atoms with Crippen molar-refractivity contribution in [2.75, 3.05) is 26.7 Å². The molecule has 1 atom stereocenters. The molecule has 0 bridgehead atoms. The van der Waals surface area contributed by atoms with Crippen LogP contribution in [0.3, 0.4) is 0 Å². The Morgan fingerprint density at radius 1 is 1.45 bits per heavy atom. The third kappa shape index (κ3) is 3.77. The Balaban J connectivity index is 1.87. The van der Waals surface area contributed by atoms with Gasteiger partial charge in [-0.3, -0.25) is 9.69 Å². The predicted octanol–water partition coefficient (Wildman–Crippen LogP) is 1.24. The van der Waals surface area contributed by atoms with Crippen molar-refractivity contribution >= 4 is 5.91 Å². The molecule has 1 N–H and O–H groups in total. The summed E-state index contributed by atoms with van der Waals surface area (Å²) in [5, 5.41) is 9.25. The maximum atomic E-state index is 12.8. The zero-order valence-electron chi connectivity index (χ0n) is 11.8. The fourth-order valence-electron chi connectivity index (χ4n) is 2.56. The second-order valence-electron chi connectivity index (χ2n) is 5.33. The maximum Gasteiger partial charge on any atom is 0.236 e. The molecule has 0 aromatic heterocycles. The zero-order valence-corrected chi connectivity index (χ0v) is 11.8. The van der Waals surface area contributed by atoms with Gasteiger partial charge in [-0.25, -0.2) is 4.39 Å². The van der Waals surface area contributed by atoms with E-state index in [9.17, 15) is 14.3 Å². The van der Waals surface area contributed by atoms with Gasteiger partial charge in [0, 0.05) is 19.6 Å². The highest BCUT2D eigenvalue weighted by atomic mass is 19.1. The number of benzene rings is 1. The molecule has 0 radical (unpaired) electrons. The maximum absolute atomic E-state index is 12.8. The summed E-state index contributed by atoms with van der Waals surface area (Å²) in [6.45, 7) is 1.77. The van der Waals surface area contributed by atoms with E-state index in [0.29, 0.717) is 13.1 Å². The van der Waals surface area contributed by atoms with Crippen LogP contribution >= 0.6 is 0 Å². The second-order valence-corrected chi connectivity index (χ2v) is 5.33. The van der Waals surface area contributed by atoms with Crippen LogP contribution in [0.1, 0.15) is 18.4 Å². The van der Waals surface area contributed by atoms with Crippen molar-refractivity contribution in [1.29, 1.82) is 0 Å². The minimum absolute atomic E-state index is 0.0228. The fraction of sp³-hybridized carbons (Fsp3) is 0.533. The molecule has 1 aromatic rings. The van der Waals surface area contributed by atoms with Gasteiger partial charge in [0.25, 0.3) is 0 Å². The van der Waals surface area contributed by atoms with Crippen LogP contribution in [0.25, 0.3) is 0 Å². The molecule has 0 aliphatic carbocycles. The first-order valence-corrected chi connectivity index (χ1v) is 6.93. The molecule has 1 saturated heterocycles. The first-order valence-electron chi connectivity index (χ1n) is 6.93. The quantitative estimate of drug-likeness (QED) is 0.882. The van der Waals surface area contributed by atoms with Gasteiger partial charge in [-0.1, -0.05) is 12.1 Å². The van der Waals surface area contributed by atoms with Gasteiger partial charge in [-0.2, -0.15) is 0 Å². The van der Waals surface area contributed by atoms with Crippen LogP contribution in [0.4, 0.5) is 4.39 Å². The number of likely N-dealkylation sites (N-methyl/N-ethyl adjacent to an activating group) is 1. The van der Waals surface area contributed by atoms with Crippen molar-refractivity contribution in [3.8, 4) is 0 Å². The van der Waals surface area contributed by atoms with Crippen LogP contribution in [0.15, 0.2) is 24.3 Å². The lowest BCUT2D eigenvalue weighted by Crippen LogP contribution is -2.41. The summed E-state index contributed by atoms with van der Waals surface area (Å²) < 4.78 is 12.8. The number of carbonyl (C=O) groups excluding carboxylic acids is 1. The minimum Gasteiger partial charge on any atom is -0.395 e. The predicted molar refractivity (Wildman–Crippen MR) is 74.6 cm³/mol. The van der Waals surface area contributed by atoms with Crippen molar-refractivity contribution in [2.45, 2.75) is 25.4 Å². The lowest BCUT2D eigenvalue weighted by Gasteiger charge is -2.25. The molecule has 1 amide bonds. The van der Waals surface area contributed by atoms with Gasteiger partial charge in [0.1, 0.15) is 5.82 Å². The Morgan fingerprint density at radius 3 is 2.80 bits per heavy atom. The summed E-state index contributed by atoms with van der Waals surface area (Å²) in [7, 11) is 1.75. The zero-order chi connectivity index (χ0) is 14.5. The number of aliphatic hydroxyl groups excluding tert-OH is 1. The van der Waals surface area contributed by atoms with Crippen molar-refractivity contribution in [3.63, 3.8) is 0 Å². The topological polar surface area (TPSA) is 43.8 Å². The first kappa shape index (κ1) is 14.9. The van der Waals surface area contributed by atoms with Crippen molar-refractivity contribution in [3.05, 3.63) is 35.6 Å². The number of carbonyl (C=O) groups is 1. The van der Waals surface area contributed by atoms with E-state index in [1.54, 1.807) is 24.1 Å². The molecule has 1 fully saturated rings. The molecule has 2 rings (SSSR count). The van der Waals surface area contributed by atoms with Gasteiger partial charge in [0.15, 0.2) is 0 Å². The Bertz CT molecular complexity index is 450. The number of aliphatic hydroxyl groups is 1. The molecule has 1 heterocycles. The van der Waals surface area contributed by atoms with Gasteiger partial charge in [0.05, 0.1) is 13.2 Å². The van der Waals surface area contributed by atoms with Crippen LogP contribution < -0.4 is 0 Å². The first-order chi connectivity index (χ1) is 9.60. The third-order valence-electron chi connectivity index (χ3n) is 3.81. The van der Waals surface area contributed by atoms with Crippen molar-refractivity contribution in [2.24, 2.45) is 0 Å². The van der Waals surface area contributed by atoms with E-state index < -0.39 is 0 Å². The summed E-state index contributed by atoms with van der Waals surface area (Å²) in [6.07, 6.45) is 1.98. The van der Waals surface area contributed by atoms with Crippen molar-refractivity contribution in [1.82, 2.24) is 9.80 Å². The van der Waals surface area contributed by atoms with Crippen LogP contribution in [0, 0.1) is 5.82 Å². The van der Waals surface area contributed by atoms with E-state index >= 15 is 0 Å². The van der Waals surface area contributed by atoms with E-state index in [4.69, 9.17) is 0 Å². The molecular formula is C15H21FN2O2. The average molecular weight is 280 g/mol. The summed E-state index contributed by atoms with van der Waals surface area (Å²) in [4.78, 5) is 15.8. The highest BCUT2D eigenvalue weighted by molar-refractivity contribution is 5.78. The lowest BCUT2D eigenvalue weighted by atomic mass is 10.2. The number of rotatable bonds is 5. The molecule has 0 spiro atoms. The molecule has 110 valence electrons. The number of halogens is 1. The Kier molecular flexibility index (Phi) is 5.09. The van der Waals surface area contributed by atoms with E-state index in [2.05, 4.69) is 0 Å². The summed E-state index contributed by atoms with van der Waals surface area (Å²) in [6, 6.07) is 6.28. The highest BCUT2D eigenvalue weighted by Crippen LogP contribution is 2.16. The van der Waals surface area contributed by atoms with E-state index in [1.165, 1.54) is 12.1 Å². The van der Waals surface area contributed by atoms with Gasteiger partial charge < -0.3 is 10.0 Å². The van der Waals surface area contributed by atoms with Gasteiger partial charge in [-0.15, -0.1) is 0 Å². The summed E-state index contributed by atoms with van der Waals surface area (Å²) in [5.74, 6) is -0.250. The molecular weight excluding hydrogens is 259 g/mol. The smallest absolute Gasteiger partial charge is 0.236 e. The molecule has 20 heavy (non-hydrogen) atoms. The molecule has 4 nitrogen and oxygen atoms in total. The van der Waals surface area contributed by atoms with Crippen LogP contribution in [-0.2, 0) is 11.3 Å². The van der Waals surface area contributed by atoms with Crippen LogP contribution in [0.2, 0.25) is 0 Å².